The van der Waals surface area contributed by atoms with Crippen LogP contribution in [0.5, 0.6) is 0 Å². The molecule has 0 aromatic heterocycles. The third-order valence-electron chi connectivity index (χ3n) is 5.94. The highest BCUT2D eigenvalue weighted by Crippen LogP contribution is 2.37. The van der Waals surface area contributed by atoms with Crippen LogP contribution in [-0.4, -0.2) is 116 Å². The van der Waals surface area contributed by atoms with E-state index in [0.717, 1.165) is 13.8 Å². The zero-order chi connectivity index (χ0) is 27.5. The summed E-state index contributed by atoms with van der Waals surface area (Å²) in [5, 5.41) is 57.3. The molecule has 0 saturated carbocycles. The van der Waals surface area contributed by atoms with Crippen molar-refractivity contribution in [3.63, 3.8) is 0 Å². The minimum Gasteiger partial charge on any atom is -0.477 e. The van der Waals surface area contributed by atoms with Gasteiger partial charge in [-0.3, -0.25) is 9.59 Å². The van der Waals surface area contributed by atoms with Crippen LogP contribution in [0, 0.1) is 0 Å². The Labute approximate surface area is 206 Å². The Morgan fingerprint density at radius 1 is 1.17 bits per heavy atom. The minimum absolute atomic E-state index is 0.518. The second kappa shape index (κ2) is 11.6. The Kier molecular flexibility index (Phi) is 9.58. The number of nitrogens with one attached hydrogen (secondary N) is 2. The van der Waals surface area contributed by atoms with Crippen molar-refractivity contribution in [3.8, 4) is 0 Å². The van der Waals surface area contributed by atoms with Crippen LogP contribution in [0.25, 0.3) is 0 Å². The molecule has 2 fully saturated rings. The molecule has 16 heteroatoms. The van der Waals surface area contributed by atoms with Gasteiger partial charge in [0.25, 0.3) is 5.79 Å². The first-order chi connectivity index (χ1) is 16.6. The average Bonchev–Trinajstić information content (AvgIpc) is 2.73. The summed E-state index contributed by atoms with van der Waals surface area (Å²) < 4.78 is 16.7. The number of guanidine groups is 1. The SMILES string of the molecule is CC(=O)N[C@@H]1[C@@H]([C@@H](NC(C)=O)[C@@H](C)O)O[C@](O[C@@H]2[C@H](O)[C@H](C)O[C@@H](O)[C@H]2N=C(N)N)(C(=O)O)C[C@H]1O. The number of amides is 2. The van der Waals surface area contributed by atoms with Gasteiger partial charge in [0.15, 0.2) is 12.2 Å². The molecule has 2 aliphatic rings. The molecule has 0 aromatic rings. The Hall–Kier alpha value is -2.60. The van der Waals surface area contributed by atoms with Crippen molar-refractivity contribution in [1.82, 2.24) is 10.6 Å². The quantitative estimate of drug-likeness (QED) is 0.108. The molecule has 2 amide bonds. The van der Waals surface area contributed by atoms with Crippen LogP contribution in [0.1, 0.15) is 34.1 Å². The maximum atomic E-state index is 12.5. The van der Waals surface area contributed by atoms with Crippen LogP contribution in [0.15, 0.2) is 4.99 Å². The Morgan fingerprint density at radius 2 is 1.78 bits per heavy atom. The van der Waals surface area contributed by atoms with Gasteiger partial charge in [-0.05, 0) is 13.8 Å². The van der Waals surface area contributed by atoms with Crippen molar-refractivity contribution in [2.45, 2.75) is 101 Å². The summed E-state index contributed by atoms with van der Waals surface area (Å²) in [7, 11) is 0. The minimum atomic E-state index is -2.70. The summed E-state index contributed by atoms with van der Waals surface area (Å²) in [4.78, 5) is 39.9. The molecular formula is C20H35N5O11. The predicted octanol–water partition coefficient (Wildman–Crippen LogP) is -4.57. The number of aliphatic imine (C=N–C) groups is 1. The zero-order valence-electron chi connectivity index (χ0n) is 20.3. The number of hydrogen-bond acceptors (Lipinski definition) is 11. The fourth-order valence-corrected chi connectivity index (χ4v) is 4.33. The first-order valence-electron chi connectivity index (χ1n) is 11.2. The Morgan fingerprint density at radius 3 is 2.25 bits per heavy atom. The molecular weight excluding hydrogens is 486 g/mol. The molecule has 16 nitrogen and oxygen atoms in total. The molecule has 36 heavy (non-hydrogen) atoms. The third kappa shape index (κ3) is 6.58. The highest BCUT2D eigenvalue weighted by Gasteiger charge is 2.59. The lowest BCUT2D eigenvalue weighted by Crippen LogP contribution is -2.71. The molecule has 0 spiro atoms. The maximum Gasteiger partial charge on any atom is 0.364 e. The summed E-state index contributed by atoms with van der Waals surface area (Å²) >= 11 is 0. The van der Waals surface area contributed by atoms with E-state index in [1.165, 1.54) is 13.8 Å². The van der Waals surface area contributed by atoms with Crippen molar-refractivity contribution >= 4 is 23.7 Å². The number of rotatable bonds is 8. The smallest absolute Gasteiger partial charge is 0.364 e. The molecule has 206 valence electrons. The van der Waals surface area contributed by atoms with Crippen LogP contribution < -0.4 is 22.1 Å². The van der Waals surface area contributed by atoms with Gasteiger partial charge in [0.05, 0.1) is 30.4 Å². The molecule has 11 atom stereocenters. The molecule has 0 aliphatic carbocycles. The number of nitrogens with two attached hydrogens (primary N) is 2. The van der Waals surface area contributed by atoms with E-state index >= 15 is 0 Å². The summed E-state index contributed by atoms with van der Waals surface area (Å²) in [6.45, 7) is 4.96. The number of carboxylic acid groups (broad SMARTS) is 1. The van der Waals surface area contributed by atoms with E-state index in [0.29, 0.717) is 0 Å². The highest BCUT2D eigenvalue weighted by atomic mass is 16.7. The first-order valence-corrected chi connectivity index (χ1v) is 11.2. The van der Waals surface area contributed by atoms with Gasteiger partial charge in [0, 0.05) is 20.3 Å². The standard InChI is InChI=1S/C20H35N5O11/c1-6(26)11(23-8(3)27)15-12(24-9(4)28)10(29)5-20(35-15,18(32)33)36-16-13(25-19(21)22)17(31)34-7(2)14(16)30/h6-7,10-17,26,29-31H,5H2,1-4H3,(H,23,27)(H,24,28)(H,32,33)(H4,21,22,25)/t6-,7+,10-,11+,12+,13+,14-,15-,16+,17-,20-/m1/s1. The van der Waals surface area contributed by atoms with Gasteiger partial charge in [-0.2, -0.15) is 0 Å². The van der Waals surface area contributed by atoms with Crippen LogP contribution in [0.3, 0.4) is 0 Å². The van der Waals surface area contributed by atoms with E-state index in [9.17, 15) is 39.9 Å². The van der Waals surface area contributed by atoms with Crippen molar-refractivity contribution in [3.05, 3.63) is 0 Å². The van der Waals surface area contributed by atoms with E-state index in [1.54, 1.807) is 0 Å². The van der Waals surface area contributed by atoms with E-state index < -0.39 is 97.0 Å². The Bertz CT molecular complexity index is 836. The number of nitrogens with zero attached hydrogens (tertiary/aromatic N) is 1. The van der Waals surface area contributed by atoms with Gasteiger partial charge < -0.3 is 61.8 Å². The van der Waals surface area contributed by atoms with Gasteiger partial charge in [-0.15, -0.1) is 0 Å². The van der Waals surface area contributed by atoms with Crippen molar-refractivity contribution < 1.29 is 54.1 Å². The molecule has 11 N–H and O–H groups in total. The maximum absolute atomic E-state index is 12.5. The number of ether oxygens (including phenoxy) is 3. The summed E-state index contributed by atoms with van der Waals surface area (Å²) in [6, 6.07) is -4.08. The van der Waals surface area contributed by atoms with Gasteiger partial charge in [0.2, 0.25) is 11.8 Å². The normalized spacial score (nSPS) is 38.3. The van der Waals surface area contributed by atoms with Crippen molar-refractivity contribution in [2.24, 2.45) is 16.5 Å². The van der Waals surface area contributed by atoms with Crippen LogP contribution in [0.2, 0.25) is 0 Å². The van der Waals surface area contributed by atoms with Crippen molar-refractivity contribution in [1.29, 1.82) is 0 Å². The van der Waals surface area contributed by atoms with E-state index in [2.05, 4.69) is 15.6 Å². The fraction of sp³-hybridized carbons (Fsp3) is 0.800. The fourth-order valence-electron chi connectivity index (χ4n) is 4.33. The van der Waals surface area contributed by atoms with E-state index in [-0.39, 0.29) is 0 Å². The summed E-state index contributed by atoms with van der Waals surface area (Å²) in [6.07, 6.45) is -11.2. The van der Waals surface area contributed by atoms with Crippen LogP contribution in [0.4, 0.5) is 0 Å². The lowest BCUT2D eigenvalue weighted by atomic mass is 9.87. The molecule has 2 aliphatic heterocycles. The van der Waals surface area contributed by atoms with Crippen molar-refractivity contribution in [2.75, 3.05) is 0 Å². The van der Waals surface area contributed by atoms with Gasteiger partial charge in [-0.25, -0.2) is 9.79 Å². The van der Waals surface area contributed by atoms with Crippen LogP contribution >= 0.6 is 0 Å². The van der Waals surface area contributed by atoms with Crippen LogP contribution in [-0.2, 0) is 28.6 Å². The highest BCUT2D eigenvalue weighted by molar-refractivity contribution is 5.77. The predicted molar refractivity (Wildman–Crippen MR) is 120 cm³/mol. The lowest BCUT2D eigenvalue weighted by molar-refractivity contribution is -0.343. The molecule has 0 bridgehead atoms. The number of aliphatic hydroxyl groups is 4. The summed E-state index contributed by atoms with van der Waals surface area (Å²) in [5.74, 6) is -6.19. The molecule has 2 heterocycles. The number of aliphatic carboxylic acids is 1. The van der Waals surface area contributed by atoms with E-state index in [1.807, 2.05) is 0 Å². The topological polar surface area (TPSA) is 269 Å². The van der Waals surface area contributed by atoms with E-state index in [4.69, 9.17) is 25.7 Å². The lowest BCUT2D eigenvalue weighted by Gasteiger charge is -2.50. The first kappa shape index (κ1) is 29.6. The third-order valence-corrected chi connectivity index (χ3v) is 5.94. The zero-order valence-corrected chi connectivity index (χ0v) is 20.3. The number of aliphatic hydroxyl groups excluding tert-OH is 4. The van der Waals surface area contributed by atoms with Gasteiger partial charge in [0.1, 0.15) is 24.4 Å². The monoisotopic (exact) mass is 521 g/mol. The summed E-state index contributed by atoms with van der Waals surface area (Å²) in [5.41, 5.74) is 10.8. The number of carbonyl (C=O) groups excluding carboxylic acids is 2. The molecule has 0 unspecified atom stereocenters. The molecule has 2 saturated heterocycles. The van der Waals surface area contributed by atoms with Gasteiger partial charge in [-0.1, -0.05) is 0 Å². The molecule has 2 rings (SSSR count). The molecule has 0 aromatic carbocycles. The Balaban J connectivity index is 2.57. The number of carboxylic acids is 1. The second-order valence-corrected chi connectivity index (χ2v) is 8.95. The number of hydrogen-bond donors (Lipinski definition) is 9. The number of carbonyl (C=O) groups is 3. The largest absolute Gasteiger partial charge is 0.477 e. The molecule has 0 radical (unpaired) electrons. The second-order valence-electron chi connectivity index (χ2n) is 8.95. The average molecular weight is 522 g/mol. The van der Waals surface area contributed by atoms with Gasteiger partial charge >= 0.3 is 5.97 Å².